The Balaban J connectivity index is 2.27. The zero-order valence-electron chi connectivity index (χ0n) is 6.45. The highest BCUT2D eigenvalue weighted by Crippen LogP contribution is 2.47. The largest absolute Gasteiger partial charge is 0.0891 e. The Hall–Kier alpha value is 0.480. The van der Waals surface area contributed by atoms with Crippen LogP contribution in [0.25, 0.3) is 0 Å². The molecule has 1 rings (SSSR count). The van der Waals surface area contributed by atoms with E-state index in [0.29, 0.717) is 5.41 Å². The molecule has 1 atom stereocenters. The lowest BCUT2D eigenvalue weighted by molar-refractivity contribution is 0.0993. The van der Waals surface area contributed by atoms with Crippen LogP contribution in [0, 0.1) is 11.3 Å². The normalized spacial score (nSPS) is 29.3. The molecule has 1 unspecified atom stereocenters. The Labute approximate surface area is 66.2 Å². The second-order valence-corrected chi connectivity index (χ2v) is 5.45. The van der Waals surface area contributed by atoms with Gasteiger partial charge in [-0.3, -0.25) is 0 Å². The van der Waals surface area contributed by atoms with Gasteiger partial charge in [0.05, 0.1) is 0 Å². The molecule has 0 heterocycles. The maximum absolute atomic E-state index is 3.60. The Bertz CT molecular complexity index is 97.1. The fraction of sp³-hybridized carbons (Fsp3) is 1.00. The van der Waals surface area contributed by atoms with Crippen LogP contribution in [0.4, 0.5) is 0 Å². The van der Waals surface area contributed by atoms with Crippen molar-refractivity contribution in [2.45, 2.75) is 38.4 Å². The lowest BCUT2D eigenvalue weighted by Gasteiger charge is -2.44. The summed E-state index contributed by atoms with van der Waals surface area (Å²) < 4.78 is 0. The Kier molecular flexibility index (Phi) is 1.91. The molecule has 0 aromatic carbocycles. The molecule has 1 aliphatic rings. The predicted octanol–water partition coefficient (Wildman–Crippen LogP) is 3.21. The molecule has 0 spiro atoms. The highest BCUT2D eigenvalue weighted by Gasteiger charge is 2.37. The van der Waals surface area contributed by atoms with Crippen LogP contribution in [0.1, 0.15) is 33.6 Å². The van der Waals surface area contributed by atoms with Gasteiger partial charge in [-0.2, -0.15) is 0 Å². The SMILES string of the molecule is CC(Br)C1CC(C)(C)C1. The quantitative estimate of drug-likeness (QED) is 0.558. The minimum absolute atomic E-state index is 0.646. The van der Waals surface area contributed by atoms with Crippen molar-refractivity contribution in [1.82, 2.24) is 0 Å². The van der Waals surface area contributed by atoms with Gasteiger partial charge in [0.15, 0.2) is 0 Å². The molecular formula is C8H15Br. The average molecular weight is 191 g/mol. The molecule has 1 fully saturated rings. The molecule has 0 aromatic heterocycles. The Morgan fingerprint density at radius 3 is 2.00 bits per heavy atom. The summed E-state index contributed by atoms with van der Waals surface area (Å²) in [5.74, 6) is 0.944. The van der Waals surface area contributed by atoms with E-state index < -0.39 is 0 Å². The van der Waals surface area contributed by atoms with Crippen LogP contribution in [0.3, 0.4) is 0 Å². The molecule has 0 N–H and O–H groups in total. The molecule has 54 valence electrons. The summed E-state index contributed by atoms with van der Waals surface area (Å²) in [4.78, 5) is 0.727. The van der Waals surface area contributed by atoms with E-state index in [1.54, 1.807) is 0 Å². The Morgan fingerprint density at radius 2 is 1.89 bits per heavy atom. The monoisotopic (exact) mass is 190 g/mol. The number of halogens is 1. The molecule has 0 radical (unpaired) electrons. The highest BCUT2D eigenvalue weighted by molar-refractivity contribution is 9.09. The van der Waals surface area contributed by atoms with Crippen molar-refractivity contribution >= 4 is 15.9 Å². The minimum Gasteiger partial charge on any atom is -0.0891 e. The van der Waals surface area contributed by atoms with Gasteiger partial charge in [-0.25, -0.2) is 0 Å². The second-order valence-electron chi connectivity index (χ2n) is 4.01. The van der Waals surface area contributed by atoms with Gasteiger partial charge in [0.2, 0.25) is 0 Å². The van der Waals surface area contributed by atoms with Crippen LogP contribution in [0.15, 0.2) is 0 Å². The summed E-state index contributed by atoms with van der Waals surface area (Å²) in [6.07, 6.45) is 2.80. The maximum Gasteiger partial charge on any atom is 0.0146 e. The second kappa shape index (κ2) is 2.26. The number of hydrogen-bond donors (Lipinski definition) is 0. The van der Waals surface area contributed by atoms with Crippen molar-refractivity contribution in [3.05, 3.63) is 0 Å². The van der Waals surface area contributed by atoms with Crippen LogP contribution in [-0.2, 0) is 0 Å². The fourth-order valence-corrected chi connectivity index (χ4v) is 2.06. The third-order valence-corrected chi connectivity index (χ3v) is 3.03. The molecule has 0 saturated heterocycles. The van der Waals surface area contributed by atoms with Gasteiger partial charge in [-0.1, -0.05) is 36.7 Å². The smallest absolute Gasteiger partial charge is 0.0146 e. The predicted molar refractivity (Wildman–Crippen MR) is 44.9 cm³/mol. The molecule has 0 aromatic rings. The third-order valence-electron chi connectivity index (χ3n) is 2.28. The summed E-state index contributed by atoms with van der Waals surface area (Å²) in [5.41, 5.74) is 0.646. The molecule has 1 aliphatic carbocycles. The first-order chi connectivity index (χ1) is 4.01. The van der Waals surface area contributed by atoms with Crippen molar-refractivity contribution in [2.24, 2.45) is 11.3 Å². The van der Waals surface area contributed by atoms with Gasteiger partial charge >= 0.3 is 0 Å². The van der Waals surface area contributed by atoms with E-state index in [1.165, 1.54) is 12.8 Å². The first kappa shape index (κ1) is 7.59. The maximum atomic E-state index is 3.60. The van der Waals surface area contributed by atoms with Crippen LogP contribution in [-0.4, -0.2) is 4.83 Å². The lowest BCUT2D eigenvalue weighted by Crippen LogP contribution is -2.35. The van der Waals surface area contributed by atoms with Crippen molar-refractivity contribution < 1.29 is 0 Å². The zero-order valence-corrected chi connectivity index (χ0v) is 8.03. The van der Waals surface area contributed by atoms with Gasteiger partial charge in [-0.15, -0.1) is 0 Å². The van der Waals surface area contributed by atoms with Gasteiger partial charge in [-0.05, 0) is 24.2 Å². The van der Waals surface area contributed by atoms with Gasteiger partial charge in [0.1, 0.15) is 0 Å². The van der Waals surface area contributed by atoms with Crippen molar-refractivity contribution in [3.63, 3.8) is 0 Å². The minimum atomic E-state index is 0.646. The van der Waals surface area contributed by atoms with E-state index in [1.807, 2.05) is 0 Å². The van der Waals surface area contributed by atoms with Crippen LogP contribution >= 0.6 is 15.9 Å². The van der Waals surface area contributed by atoms with E-state index in [9.17, 15) is 0 Å². The number of rotatable bonds is 1. The van der Waals surface area contributed by atoms with Crippen LogP contribution in [0.2, 0.25) is 0 Å². The summed E-state index contributed by atoms with van der Waals surface area (Å²) in [5, 5.41) is 0. The van der Waals surface area contributed by atoms with Gasteiger partial charge in [0, 0.05) is 4.83 Å². The molecule has 0 bridgehead atoms. The van der Waals surface area contributed by atoms with E-state index in [2.05, 4.69) is 36.7 Å². The van der Waals surface area contributed by atoms with Crippen molar-refractivity contribution in [2.75, 3.05) is 0 Å². The first-order valence-electron chi connectivity index (χ1n) is 3.65. The molecule has 0 amide bonds. The van der Waals surface area contributed by atoms with E-state index in [4.69, 9.17) is 0 Å². The number of hydrogen-bond acceptors (Lipinski definition) is 0. The van der Waals surface area contributed by atoms with Crippen LogP contribution in [0.5, 0.6) is 0 Å². The topological polar surface area (TPSA) is 0 Å². The standard InChI is InChI=1S/C8H15Br/c1-6(9)7-4-8(2,3)5-7/h6-7H,4-5H2,1-3H3. The summed E-state index contributed by atoms with van der Waals surface area (Å²) in [7, 11) is 0. The molecule has 9 heavy (non-hydrogen) atoms. The van der Waals surface area contributed by atoms with Gasteiger partial charge < -0.3 is 0 Å². The number of alkyl halides is 1. The molecule has 1 heteroatoms. The average Bonchev–Trinajstić information content (AvgIpc) is 1.59. The third kappa shape index (κ3) is 1.70. The van der Waals surface area contributed by atoms with Crippen molar-refractivity contribution in [3.8, 4) is 0 Å². The van der Waals surface area contributed by atoms with E-state index >= 15 is 0 Å². The Morgan fingerprint density at radius 1 is 1.44 bits per heavy atom. The zero-order chi connectivity index (χ0) is 7.07. The molecule has 0 aliphatic heterocycles. The lowest BCUT2D eigenvalue weighted by atomic mass is 9.64. The molecule has 1 saturated carbocycles. The van der Waals surface area contributed by atoms with Crippen LogP contribution < -0.4 is 0 Å². The van der Waals surface area contributed by atoms with E-state index in [0.717, 1.165) is 10.7 Å². The van der Waals surface area contributed by atoms with E-state index in [-0.39, 0.29) is 0 Å². The first-order valence-corrected chi connectivity index (χ1v) is 4.57. The summed E-state index contributed by atoms with van der Waals surface area (Å²) in [6.45, 7) is 6.94. The highest BCUT2D eigenvalue weighted by atomic mass is 79.9. The molecule has 0 nitrogen and oxygen atoms in total. The van der Waals surface area contributed by atoms with Crippen molar-refractivity contribution in [1.29, 1.82) is 0 Å². The van der Waals surface area contributed by atoms with Gasteiger partial charge in [0.25, 0.3) is 0 Å². The summed E-state index contributed by atoms with van der Waals surface area (Å²) in [6, 6.07) is 0. The molecular weight excluding hydrogens is 176 g/mol. The fourth-order valence-electron chi connectivity index (χ4n) is 1.68. The summed E-state index contributed by atoms with van der Waals surface area (Å²) >= 11 is 3.60.